The molecule has 74 valence electrons. The van der Waals surface area contributed by atoms with E-state index in [-0.39, 0.29) is 0 Å². The Labute approximate surface area is 97.5 Å². The molecule has 0 amide bonds. The largest absolute Gasteiger partial charge is 0.399 e. The summed E-state index contributed by atoms with van der Waals surface area (Å²) < 4.78 is 0. The molecular formula is C12H8ClNS. The van der Waals surface area contributed by atoms with Crippen LogP contribution in [0.15, 0.2) is 35.7 Å². The lowest BCUT2D eigenvalue weighted by molar-refractivity contribution is 1.63. The molecular weight excluding hydrogens is 226 g/mol. The fourth-order valence-corrected chi connectivity index (χ4v) is 2.08. The van der Waals surface area contributed by atoms with Crippen LogP contribution in [0.4, 0.5) is 5.69 Å². The number of halogens is 1. The minimum atomic E-state index is 0.705. The second-order valence-electron chi connectivity index (χ2n) is 2.97. The minimum absolute atomic E-state index is 0.705. The van der Waals surface area contributed by atoms with Crippen LogP contribution in [0, 0.1) is 11.8 Å². The van der Waals surface area contributed by atoms with Crippen LogP contribution in [-0.4, -0.2) is 0 Å². The van der Waals surface area contributed by atoms with Crippen molar-refractivity contribution >= 4 is 28.6 Å². The molecule has 2 aromatic rings. The van der Waals surface area contributed by atoms with E-state index in [9.17, 15) is 0 Å². The standard InChI is InChI=1S/C12H8ClNS/c13-11-6-7-15-12(11)5-4-9-2-1-3-10(14)8-9/h1-3,6-8H,14H2. The molecule has 0 radical (unpaired) electrons. The topological polar surface area (TPSA) is 26.0 Å². The SMILES string of the molecule is Nc1cccc(C#Cc2sccc2Cl)c1. The quantitative estimate of drug-likeness (QED) is 0.548. The highest BCUT2D eigenvalue weighted by molar-refractivity contribution is 7.11. The molecule has 0 atom stereocenters. The summed E-state index contributed by atoms with van der Waals surface area (Å²) in [6.45, 7) is 0. The Kier molecular flexibility index (Phi) is 2.96. The number of hydrogen-bond donors (Lipinski definition) is 1. The molecule has 2 rings (SSSR count). The van der Waals surface area contributed by atoms with E-state index in [0.717, 1.165) is 16.1 Å². The molecule has 0 aliphatic carbocycles. The molecule has 0 fully saturated rings. The van der Waals surface area contributed by atoms with Crippen LogP contribution in [0.5, 0.6) is 0 Å². The summed E-state index contributed by atoms with van der Waals surface area (Å²) in [6.07, 6.45) is 0. The van der Waals surface area contributed by atoms with Gasteiger partial charge in [-0.25, -0.2) is 0 Å². The second kappa shape index (κ2) is 4.39. The van der Waals surface area contributed by atoms with E-state index in [4.69, 9.17) is 17.3 Å². The molecule has 1 aromatic heterocycles. The number of nitrogen functional groups attached to an aromatic ring is 1. The molecule has 1 nitrogen and oxygen atoms in total. The average Bonchev–Trinajstić information content (AvgIpc) is 2.61. The molecule has 0 saturated carbocycles. The molecule has 0 aliphatic heterocycles. The van der Waals surface area contributed by atoms with E-state index in [1.165, 1.54) is 11.3 Å². The number of benzene rings is 1. The molecule has 2 N–H and O–H groups in total. The number of thiophene rings is 1. The van der Waals surface area contributed by atoms with Gasteiger partial charge in [-0.3, -0.25) is 0 Å². The summed E-state index contributed by atoms with van der Waals surface area (Å²) >= 11 is 7.46. The van der Waals surface area contributed by atoms with Gasteiger partial charge in [0, 0.05) is 11.3 Å². The Balaban J connectivity index is 2.30. The van der Waals surface area contributed by atoms with Crippen LogP contribution in [-0.2, 0) is 0 Å². The summed E-state index contributed by atoms with van der Waals surface area (Å²) in [6, 6.07) is 9.33. The van der Waals surface area contributed by atoms with Crippen molar-refractivity contribution in [3.8, 4) is 11.8 Å². The molecule has 0 bridgehead atoms. The monoisotopic (exact) mass is 233 g/mol. The van der Waals surface area contributed by atoms with Crippen molar-refractivity contribution in [2.45, 2.75) is 0 Å². The molecule has 0 saturated heterocycles. The van der Waals surface area contributed by atoms with Crippen LogP contribution in [0.2, 0.25) is 5.02 Å². The molecule has 0 aliphatic rings. The molecule has 1 heterocycles. The summed E-state index contributed by atoms with van der Waals surface area (Å²) in [5.74, 6) is 6.04. The van der Waals surface area contributed by atoms with Crippen molar-refractivity contribution in [1.29, 1.82) is 0 Å². The van der Waals surface area contributed by atoms with E-state index < -0.39 is 0 Å². The Morgan fingerprint density at radius 2 is 2.07 bits per heavy atom. The van der Waals surface area contributed by atoms with Crippen LogP contribution in [0.25, 0.3) is 0 Å². The highest BCUT2D eigenvalue weighted by Crippen LogP contribution is 2.20. The number of hydrogen-bond acceptors (Lipinski definition) is 2. The van der Waals surface area contributed by atoms with Crippen molar-refractivity contribution in [1.82, 2.24) is 0 Å². The zero-order valence-corrected chi connectivity index (χ0v) is 9.40. The van der Waals surface area contributed by atoms with Gasteiger partial charge in [0.1, 0.15) is 0 Å². The number of nitrogens with two attached hydrogens (primary N) is 1. The smallest absolute Gasteiger partial charge is 0.0958 e. The zero-order chi connectivity index (χ0) is 10.7. The van der Waals surface area contributed by atoms with Gasteiger partial charge in [-0.1, -0.05) is 23.6 Å². The maximum atomic E-state index is 5.92. The van der Waals surface area contributed by atoms with Crippen LogP contribution in [0.1, 0.15) is 10.4 Å². The van der Waals surface area contributed by atoms with Gasteiger partial charge in [0.05, 0.1) is 9.90 Å². The Bertz CT molecular complexity index is 534. The lowest BCUT2D eigenvalue weighted by Crippen LogP contribution is -1.84. The summed E-state index contributed by atoms with van der Waals surface area (Å²) in [4.78, 5) is 0.888. The van der Waals surface area contributed by atoms with Crippen molar-refractivity contribution < 1.29 is 0 Å². The van der Waals surface area contributed by atoms with Crippen LogP contribution in [0.3, 0.4) is 0 Å². The fraction of sp³-hybridized carbons (Fsp3) is 0. The Morgan fingerprint density at radius 3 is 2.73 bits per heavy atom. The van der Waals surface area contributed by atoms with Crippen molar-refractivity contribution in [3.05, 3.63) is 51.2 Å². The van der Waals surface area contributed by atoms with E-state index in [1.807, 2.05) is 35.7 Å². The zero-order valence-electron chi connectivity index (χ0n) is 7.83. The summed E-state index contributed by atoms with van der Waals surface area (Å²) in [5, 5.41) is 2.63. The maximum absolute atomic E-state index is 5.92. The van der Waals surface area contributed by atoms with Crippen LogP contribution >= 0.6 is 22.9 Å². The van der Waals surface area contributed by atoms with Gasteiger partial charge in [-0.15, -0.1) is 11.3 Å². The third kappa shape index (κ3) is 2.53. The Hall–Kier alpha value is -1.43. The van der Waals surface area contributed by atoms with Crippen molar-refractivity contribution in [3.63, 3.8) is 0 Å². The predicted octanol–water partition coefficient (Wildman–Crippen LogP) is 3.38. The van der Waals surface area contributed by atoms with E-state index in [0.29, 0.717) is 5.02 Å². The van der Waals surface area contributed by atoms with E-state index in [1.54, 1.807) is 0 Å². The van der Waals surface area contributed by atoms with Crippen LogP contribution < -0.4 is 5.73 Å². The minimum Gasteiger partial charge on any atom is -0.399 e. The average molecular weight is 234 g/mol. The van der Waals surface area contributed by atoms with Gasteiger partial charge in [0.15, 0.2) is 0 Å². The van der Waals surface area contributed by atoms with Gasteiger partial charge in [0.2, 0.25) is 0 Å². The van der Waals surface area contributed by atoms with Gasteiger partial charge in [-0.05, 0) is 35.6 Å². The second-order valence-corrected chi connectivity index (χ2v) is 4.30. The van der Waals surface area contributed by atoms with Crippen molar-refractivity contribution in [2.24, 2.45) is 0 Å². The fourth-order valence-electron chi connectivity index (χ4n) is 1.13. The lowest BCUT2D eigenvalue weighted by Gasteiger charge is -1.92. The molecule has 15 heavy (non-hydrogen) atoms. The Morgan fingerprint density at radius 1 is 1.20 bits per heavy atom. The van der Waals surface area contributed by atoms with Gasteiger partial charge < -0.3 is 5.73 Å². The highest BCUT2D eigenvalue weighted by Gasteiger charge is 1.96. The van der Waals surface area contributed by atoms with Gasteiger partial charge in [0.25, 0.3) is 0 Å². The lowest BCUT2D eigenvalue weighted by atomic mass is 10.2. The highest BCUT2D eigenvalue weighted by atomic mass is 35.5. The molecule has 0 unspecified atom stereocenters. The van der Waals surface area contributed by atoms with Gasteiger partial charge >= 0.3 is 0 Å². The molecule has 1 aromatic carbocycles. The first kappa shape index (κ1) is 10.1. The summed E-state index contributed by atoms with van der Waals surface area (Å²) in [5.41, 5.74) is 7.27. The van der Waals surface area contributed by atoms with Gasteiger partial charge in [-0.2, -0.15) is 0 Å². The third-order valence-electron chi connectivity index (χ3n) is 1.82. The number of rotatable bonds is 0. The molecule has 3 heteroatoms. The first-order valence-electron chi connectivity index (χ1n) is 4.36. The first-order chi connectivity index (χ1) is 7.25. The van der Waals surface area contributed by atoms with E-state index >= 15 is 0 Å². The maximum Gasteiger partial charge on any atom is 0.0958 e. The predicted molar refractivity (Wildman–Crippen MR) is 66.2 cm³/mol. The third-order valence-corrected chi connectivity index (χ3v) is 3.08. The first-order valence-corrected chi connectivity index (χ1v) is 5.62. The summed E-state index contributed by atoms with van der Waals surface area (Å²) in [7, 11) is 0. The normalized spacial score (nSPS) is 9.40. The van der Waals surface area contributed by atoms with Crippen molar-refractivity contribution in [2.75, 3.05) is 5.73 Å². The molecule has 0 spiro atoms. The van der Waals surface area contributed by atoms with E-state index in [2.05, 4.69) is 11.8 Å². The number of anilines is 1.